The van der Waals surface area contributed by atoms with Crippen molar-refractivity contribution in [2.45, 2.75) is 52.2 Å². The van der Waals surface area contributed by atoms with Crippen LogP contribution in [0.4, 0.5) is 0 Å². The molecule has 1 aliphatic heterocycles. The van der Waals surface area contributed by atoms with Crippen molar-refractivity contribution in [2.24, 2.45) is 17.8 Å². The zero-order valence-electron chi connectivity index (χ0n) is 21.2. The molecule has 198 valence electrons. The minimum Gasteiger partial charge on any atom is -0.350 e. The number of rotatable bonds is 13. The van der Waals surface area contributed by atoms with Gasteiger partial charge in [0.1, 0.15) is 0 Å². The fraction of sp³-hybridized carbons (Fsp3) is 0.538. The number of terminal acetylenes is 1. The monoisotopic (exact) mass is 519 g/mol. The Bertz CT molecular complexity index is 1010. The molecule has 1 aliphatic rings. The number of hydroxylamine groups is 1. The highest BCUT2D eigenvalue weighted by Crippen LogP contribution is 2.26. The highest BCUT2D eigenvalue weighted by Gasteiger charge is 2.36. The van der Waals surface area contributed by atoms with Crippen molar-refractivity contribution in [3.8, 4) is 12.3 Å². The molecule has 0 aliphatic carbocycles. The number of ether oxygens (including phenoxy) is 1. The van der Waals surface area contributed by atoms with Crippen LogP contribution in [0.25, 0.3) is 6.08 Å². The number of sulfonamides is 1. The largest absolute Gasteiger partial charge is 0.350 e. The van der Waals surface area contributed by atoms with Gasteiger partial charge < -0.3 is 4.74 Å². The SMILES string of the molecule is C#CCN(NC(=O)[C@H](CC(C)C)[C@H](C/C=C/c1ccccc1)C(=O)NOC1CCCCO1)S(C)(=O)=O. The normalized spacial score (nSPS) is 18.1. The molecule has 0 aromatic heterocycles. The van der Waals surface area contributed by atoms with Crippen LogP contribution in [0.5, 0.6) is 0 Å². The van der Waals surface area contributed by atoms with Crippen molar-refractivity contribution >= 4 is 27.9 Å². The Balaban J connectivity index is 2.27. The fourth-order valence-electron chi connectivity index (χ4n) is 3.86. The maximum Gasteiger partial charge on any atom is 0.247 e. The molecule has 2 amide bonds. The van der Waals surface area contributed by atoms with E-state index < -0.39 is 40.0 Å². The van der Waals surface area contributed by atoms with E-state index in [0.717, 1.165) is 24.7 Å². The van der Waals surface area contributed by atoms with Crippen LogP contribution >= 0.6 is 0 Å². The van der Waals surface area contributed by atoms with Gasteiger partial charge in [0.2, 0.25) is 21.8 Å². The van der Waals surface area contributed by atoms with Gasteiger partial charge in [0.15, 0.2) is 6.29 Å². The molecular formula is C26H37N3O6S. The molecule has 2 rings (SSSR count). The predicted molar refractivity (Wildman–Crippen MR) is 138 cm³/mol. The molecule has 3 atom stereocenters. The Morgan fingerprint density at radius 3 is 2.53 bits per heavy atom. The molecule has 1 heterocycles. The summed E-state index contributed by atoms with van der Waals surface area (Å²) in [5.41, 5.74) is 5.83. The Labute approximate surface area is 214 Å². The summed E-state index contributed by atoms with van der Waals surface area (Å²) in [5.74, 6) is -0.480. The number of carbonyl (C=O) groups excluding carboxylic acids is 2. The highest BCUT2D eigenvalue weighted by molar-refractivity contribution is 7.88. The number of hydrogen-bond acceptors (Lipinski definition) is 6. The molecule has 1 saturated heterocycles. The van der Waals surface area contributed by atoms with E-state index in [-0.39, 0.29) is 18.9 Å². The standard InChI is InChI=1S/C26H37N3O6S/c1-5-17-29(36(4,32)33)27-25(30)23(19-20(2)3)22(15-11-14-21-12-7-6-8-13-21)26(31)28-35-24-16-9-10-18-34-24/h1,6-8,11-14,20,22-24H,9-10,15-19H2,2-4H3,(H,27,30)(H,28,31)/b14-11+/t22-,23+,24?/m0/s1. The first-order valence-electron chi connectivity index (χ1n) is 12.1. The zero-order chi connectivity index (χ0) is 26.6. The second-order valence-electron chi connectivity index (χ2n) is 9.22. The summed E-state index contributed by atoms with van der Waals surface area (Å²) in [6, 6.07) is 9.57. The zero-order valence-corrected chi connectivity index (χ0v) is 22.0. The number of nitrogens with one attached hydrogen (secondary N) is 2. The van der Waals surface area contributed by atoms with Crippen molar-refractivity contribution in [3.63, 3.8) is 0 Å². The van der Waals surface area contributed by atoms with Crippen LogP contribution < -0.4 is 10.9 Å². The van der Waals surface area contributed by atoms with Gasteiger partial charge in [-0.2, -0.15) is 0 Å². The molecule has 9 nitrogen and oxygen atoms in total. The molecule has 0 saturated carbocycles. The molecule has 1 fully saturated rings. The Morgan fingerprint density at radius 2 is 1.94 bits per heavy atom. The molecule has 36 heavy (non-hydrogen) atoms. The Hall–Kier alpha value is -2.71. The molecule has 10 heteroatoms. The first kappa shape index (κ1) is 29.5. The highest BCUT2D eigenvalue weighted by atomic mass is 32.2. The van der Waals surface area contributed by atoms with Crippen molar-refractivity contribution < 1.29 is 27.6 Å². The van der Waals surface area contributed by atoms with E-state index in [9.17, 15) is 18.0 Å². The van der Waals surface area contributed by atoms with Crippen LogP contribution in [0, 0.1) is 30.1 Å². The van der Waals surface area contributed by atoms with Gasteiger partial charge in [0.25, 0.3) is 0 Å². The summed E-state index contributed by atoms with van der Waals surface area (Å²) >= 11 is 0. The van der Waals surface area contributed by atoms with Crippen molar-refractivity contribution in [1.82, 2.24) is 15.3 Å². The van der Waals surface area contributed by atoms with Gasteiger partial charge in [-0.15, -0.1) is 10.8 Å². The van der Waals surface area contributed by atoms with Crippen LogP contribution in [-0.4, -0.2) is 50.3 Å². The van der Waals surface area contributed by atoms with Gasteiger partial charge in [-0.1, -0.05) is 62.3 Å². The summed E-state index contributed by atoms with van der Waals surface area (Å²) < 4.78 is 30.4. The molecule has 0 spiro atoms. The van der Waals surface area contributed by atoms with Crippen molar-refractivity contribution in [2.75, 3.05) is 19.4 Å². The average molecular weight is 520 g/mol. The third kappa shape index (κ3) is 10.1. The fourth-order valence-corrected chi connectivity index (χ4v) is 4.43. The lowest BCUT2D eigenvalue weighted by Crippen LogP contribution is -2.51. The Kier molecular flexibility index (Phi) is 12.1. The average Bonchev–Trinajstić information content (AvgIpc) is 2.84. The second-order valence-corrected chi connectivity index (χ2v) is 11.1. The lowest BCUT2D eigenvalue weighted by molar-refractivity contribution is -0.203. The molecular weight excluding hydrogens is 482 g/mol. The topological polar surface area (TPSA) is 114 Å². The smallest absolute Gasteiger partial charge is 0.247 e. The maximum absolute atomic E-state index is 13.3. The van der Waals surface area contributed by atoms with E-state index in [1.165, 1.54) is 0 Å². The third-order valence-corrected chi connectivity index (χ3v) is 6.70. The number of nitrogens with zero attached hydrogens (tertiary/aromatic N) is 1. The number of allylic oxidation sites excluding steroid dienone is 1. The van der Waals surface area contributed by atoms with E-state index in [2.05, 4.69) is 16.8 Å². The number of carbonyl (C=O) groups is 2. The van der Waals surface area contributed by atoms with Crippen LogP contribution in [-0.2, 0) is 29.2 Å². The van der Waals surface area contributed by atoms with E-state index in [4.69, 9.17) is 16.0 Å². The lowest BCUT2D eigenvalue weighted by Gasteiger charge is -2.29. The van der Waals surface area contributed by atoms with Crippen molar-refractivity contribution in [1.29, 1.82) is 0 Å². The van der Waals surface area contributed by atoms with E-state index in [0.29, 0.717) is 23.9 Å². The summed E-state index contributed by atoms with van der Waals surface area (Å²) in [7, 11) is -3.80. The van der Waals surface area contributed by atoms with E-state index in [1.54, 1.807) is 0 Å². The minimum atomic E-state index is -3.80. The maximum atomic E-state index is 13.3. The van der Waals surface area contributed by atoms with Gasteiger partial charge in [-0.25, -0.2) is 18.7 Å². The van der Waals surface area contributed by atoms with Crippen LogP contribution in [0.15, 0.2) is 36.4 Å². The molecule has 1 unspecified atom stereocenters. The van der Waals surface area contributed by atoms with Gasteiger partial charge in [0, 0.05) is 13.0 Å². The van der Waals surface area contributed by atoms with Gasteiger partial charge >= 0.3 is 0 Å². The van der Waals surface area contributed by atoms with Crippen LogP contribution in [0.1, 0.15) is 51.5 Å². The lowest BCUT2D eigenvalue weighted by atomic mass is 9.82. The van der Waals surface area contributed by atoms with Gasteiger partial charge in [-0.05, 0) is 37.2 Å². The number of hydrogen-bond donors (Lipinski definition) is 2. The van der Waals surface area contributed by atoms with Crippen molar-refractivity contribution in [3.05, 3.63) is 42.0 Å². The first-order chi connectivity index (χ1) is 17.1. The number of benzene rings is 1. The van der Waals surface area contributed by atoms with Crippen LogP contribution in [0.3, 0.4) is 0 Å². The second kappa shape index (κ2) is 14.8. The predicted octanol–water partition coefficient (Wildman–Crippen LogP) is 2.87. The molecule has 0 bridgehead atoms. The summed E-state index contributed by atoms with van der Waals surface area (Å²) in [6.07, 6.45) is 12.5. The third-order valence-electron chi connectivity index (χ3n) is 5.68. The van der Waals surface area contributed by atoms with Crippen LogP contribution in [0.2, 0.25) is 0 Å². The number of hydrazine groups is 1. The summed E-state index contributed by atoms with van der Waals surface area (Å²) in [4.78, 5) is 32.1. The molecule has 0 radical (unpaired) electrons. The summed E-state index contributed by atoms with van der Waals surface area (Å²) in [5, 5.41) is 0. The van der Waals surface area contributed by atoms with E-state index in [1.807, 2.05) is 56.3 Å². The number of amides is 2. The molecule has 1 aromatic carbocycles. The molecule has 1 aromatic rings. The minimum absolute atomic E-state index is 0.0519. The first-order valence-corrected chi connectivity index (χ1v) is 14.0. The van der Waals surface area contributed by atoms with Gasteiger partial charge in [-0.3, -0.25) is 15.0 Å². The van der Waals surface area contributed by atoms with Gasteiger partial charge in [0.05, 0.1) is 24.6 Å². The Morgan fingerprint density at radius 1 is 1.22 bits per heavy atom. The summed E-state index contributed by atoms with van der Waals surface area (Å²) in [6.45, 7) is 4.08. The molecule has 2 N–H and O–H groups in total. The van der Waals surface area contributed by atoms with E-state index >= 15 is 0 Å². The quantitative estimate of drug-likeness (QED) is 0.306.